The fraction of sp³-hybridized carbons (Fsp3) is 0.0370. The van der Waals surface area contributed by atoms with Crippen molar-refractivity contribution >= 4 is 33.5 Å². The molecule has 0 aliphatic carbocycles. The second kappa shape index (κ2) is 5.71. The quantitative estimate of drug-likeness (QED) is 0.299. The van der Waals surface area contributed by atoms with Gasteiger partial charge in [0.2, 0.25) is 0 Å². The van der Waals surface area contributed by atoms with Gasteiger partial charge in [-0.1, -0.05) is 84.4 Å². The number of aromatic nitrogens is 1. The predicted molar refractivity (Wildman–Crippen MR) is 119 cm³/mol. The molecule has 132 valence electrons. The zero-order chi connectivity index (χ0) is 18.7. The SMILES string of the molecule is Cc1ccc(C2=Cc3ccccc3-n3c4ccccc4c4cccc2c43)cc1. The summed E-state index contributed by atoms with van der Waals surface area (Å²) in [6.07, 6.45) is 2.34. The standard InChI is InChI=1S/C27H19N/c1-18-13-15-19(16-14-18)24-17-20-7-2-4-11-25(20)28-26-12-5-3-8-21(26)22-9-6-10-23(24)27(22)28/h2-17H,1H3. The topological polar surface area (TPSA) is 4.93 Å². The van der Waals surface area contributed by atoms with Crippen molar-refractivity contribution in [1.29, 1.82) is 0 Å². The Hall–Kier alpha value is -3.58. The van der Waals surface area contributed by atoms with Gasteiger partial charge in [0.25, 0.3) is 0 Å². The molecule has 0 amide bonds. The third kappa shape index (κ3) is 2.07. The van der Waals surface area contributed by atoms with Gasteiger partial charge in [0.15, 0.2) is 0 Å². The van der Waals surface area contributed by atoms with E-state index in [0.29, 0.717) is 0 Å². The molecule has 0 N–H and O–H groups in total. The molecule has 0 radical (unpaired) electrons. The van der Waals surface area contributed by atoms with Gasteiger partial charge in [0, 0.05) is 16.3 Å². The maximum absolute atomic E-state index is 2.44. The van der Waals surface area contributed by atoms with Crippen LogP contribution >= 0.6 is 0 Å². The fourth-order valence-corrected chi connectivity index (χ4v) is 4.50. The van der Waals surface area contributed by atoms with Crippen LogP contribution in [-0.4, -0.2) is 4.57 Å². The number of hydrogen-bond donors (Lipinski definition) is 0. The summed E-state index contributed by atoms with van der Waals surface area (Å²) in [4.78, 5) is 0. The lowest BCUT2D eigenvalue weighted by molar-refractivity contribution is 1.17. The zero-order valence-electron chi connectivity index (χ0n) is 15.7. The summed E-state index contributed by atoms with van der Waals surface area (Å²) in [7, 11) is 0. The van der Waals surface area contributed by atoms with Crippen molar-refractivity contribution in [2.45, 2.75) is 6.92 Å². The molecule has 6 rings (SSSR count). The molecule has 0 atom stereocenters. The van der Waals surface area contributed by atoms with E-state index < -0.39 is 0 Å². The minimum Gasteiger partial charge on any atom is -0.308 e. The molecule has 0 saturated heterocycles. The van der Waals surface area contributed by atoms with Crippen LogP contribution in [0.1, 0.15) is 22.3 Å². The minimum absolute atomic E-state index is 1.24. The molecule has 1 aromatic heterocycles. The summed E-state index contributed by atoms with van der Waals surface area (Å²) in [5.41, 5.74) is 10.1. The Labute approximate surface area is 164 Å². The third-order valence-corrected chi connectivity index (χ3v) is 5.82. The van der Waals surface area contributed by atoms with E-state index in [1.165, 1.54) is 55.3 Å². The maximum atomic E-state index is 2.44. The average Bonchev–Trinajstić information content (AvgIpc) is 2.99. The number of aryl methyl sites for hydroxylation is 1. The van der Waals surface area contributed by atoms with Gasteiger partial charge in [-0.25, -0.2) is 0 Å². The number of hydrogen-bond acceptors (Lipinski definition) is 0. The molecule has 1 nitrogen and oxygen atoms in total. The lowest BCUT2D eigenvalue weighted by atomic mass is 9.94. The lowest BCUT2D eigenvalue weighted by Gasteiger charge is -2.11. The minimum atomic E-state index is 1.24. The van der Waals surface area contributed by atoms with Crippen molar-refractivity contribution in [1.82, 2.24) is 4.57 Å². The summed E-state index contributed by atoms with van der Waals surface area (Å²) >= 11 is 0. The monoisotopic (exact) mass is 357 g/mol. The molecular weight excluding hydrogens is 338 g/mol. The number of fused-ring (bicyclic) bond motifs is 5. The second-order valence-electron chi connectivity index (χ2n) is 7.54. The molecule has 1 aliphatic heterocycles. The average molecular weight is 357 g/mol. The van der Waals surface area contributed by atoms with E-state index in [1.807, 2.05) is 0 Å². The summed E-state index contributed by atoms with van der Waals surface area (Å²) in [6, 6.07) is 33.0. The van der Waals surface area contributed by atoms with Gasteiger partial charge < -0.3 is 4.57 Å². The highest BCUT2D eigenvalue weighted by Gasteiger charge is 2.21. The van der Waals surface area contributed by atoms with Gasteiger partial charge in [-0.05, 0) is 41.8 Å². The van der Waals surface area contributed by atoms with Gasteiger partial charge >= 0.3 is 0 Å². The Bertz CT molecular complexity index is 1400. The van der Waals surface area contributed by atoms with Crippen LogP contribution in [0.2, 0.25) is 0 Å². The summed E-state index contributed by atoms with van der Waals surface area (Å²) < 4.78 is 2.44. The number of nitrogens with zero attached hydrogens (tertiary/aromatic N) is 1. The van der Waals surface area contributed by atoms with Crippen LogP contribution in [0.4, 0.5) is 0 Å². The highest BCUT2D eigenvalue weighted by atomic mass is 15.0. The van der Waals surface area contributed by atoms with Gasteiger partial charge in [0.05, 0.1) is 16.7 Å². The first-order chi connectivity index (χ1) is 13.8. The first-order valence-electron chi connectivity index (χ1n) is 9.72. The van der Waals surface area contributed by atoms with Gasteiger partial charge in [-0.2, -0.15) is 0 Å². The summed E-state index contributed by atoms with van der Waals surface area (Å²) in [5.74, 6) is 0. The molecule has 5 aromatic rings. The molecule has 0 saturated carbocycles. The van der Waals surface area contributed by atoms with Crippen LogP contribution in [0.15, 0.2) is 91.0 Å². The second-order valence-corrected chi connectivity index (χ2v) is 7.54. The Morgan fingerprint density at radius 1 is 0.643 bits per heavy atom. The van der Waals surface area contributed by atoms with Crippen LogP contribution in [0.5, 0.6) is 0 Å². The molecular formula is C27H19N. The third-order valence-electron chi connectivity index (χ3n) is 5.82. The molecule has 1 aliphatic rings. The van der Waals surface area contributed by atoms with Crippen molar-refractivity contribution in [2.24, 2.45) is 0 Å². The smallest absolute Gasteiger partial charge is 0.0619 e. The van der Waals surface area contributed by atoms with Gasteiger partial charge in [-0.15, -0.1) is 0 Å². The van der Waals surface area contributed by atoms with Crippen LogP contribution in [-0.2, 0) is 0 Å². The number of rotatable bonds is 1. The van der Waals surface area contributed by atoms with Gasteiger partial charge in [-0.3, -0.25) is 0 Å². The number of para-hydroxylation sites is 3. The molecule has 0 spiro atoms. The van der Waals surface area contributed by atoms with Gasteiger partial charge in [0.1, 0.15) is 0 Å². The Morgan fingerprint density at radius 2 is 1.39 bits per heavy atom. The first-order valence-corrected chi connectivity index (χ1v) is 9.72. The molecule has 1 heteroatoms. The summed E-state index contributed by atoms with van der Waals surface area (Å²) in [5, 5.41) is 2.61. The van der Waals surface area contributed by atoms with Crippen LogP contribution in [0.3, 0.4) is 0 Å². The maximum Gasteiger partial charge on any atom is 0.0619 e. The lowest BCUT2D eigenvalue weighted by Crippen LogP contribution is -1.96. The zero-order valence-corrected chi connectivity index (χ0v) is 15.7. The Balaban J connectivity index is 1.83. The van der Waals surface area contributed by atoms with E-state index in [4.69, 9.17) is 0 Å². The molecule has 0 bridgehead atoms. The Morgan fingerprint density at radius 3 is 2.29 bits per heavy atom. The van der Waals surface area contributed by atoms with E-state index in [1.54, 1.807) is 0 Å². The van der Waals surface area contributed by atoms with Crippen LogP contribution in [0.25, 0.3) is 39.1 Å². The van der Waals surface area contributed by atoms with Crippen molar-refractivity contribution in [3.8, 4) is 5.69 Å². The molecule has 0 fully saturated rings. The Kier molecular flexibility index (Phi) is 3.15. The number of benzene rings is 4. The predicted octanol–water partition coefficient (Wildman–Crippen LogP) is 6.99. The van der Waals surface area contributed by atoms with Crippen molar-refractivity contribution in [3.63, 3.8) is 0 Å². The highest BCUT2D eigenvalue weighted by molar-refractivity contribution is 6.15. The van der Waals surface area contributed by atoms with Crippen molar-refractivity contribution in [2.75, 3.05) is 0 Å². The van der Waals surface area contributed by atoms with Crippen LogP contribution in [0, 0.1) is 6.92 Å². The van der Waals surface area contributed by atoms with Crippen molar-refractivity contribution < 1.29 is 0 Å². The van der Waals surface area contributed by atoms with E-state index in [0.717, 1.165) is 0 Å². The van der Waals surface area contributed by atoms with E-state index in [-0.39, 0.29) is 0 Å². The van der Waals surface area contributed by atoms with E-state index in [2.05, 4.69) is 109 Å². The highest BCUT2D eigenvalue weighted by Crippen LogP contribution is 2.42. The largest absolute Gasteiger partial charge is 0.308 e. The molecule has 0 unspecified atom stereocenters. The first kappa shape index (κ1) is 15.5. The van der Waals surface area contributed by atoms with E-state index in [9.17, 15) is 0 Å². The fourth-order valence-electron chi connectivity index (χ4n) is 4.50. The van der Waals surface area contributed by atoms with E-state index >= 15 is 0 Å². The van der Waals surface area contributed by atoms with Crippen LogP contribution < -0.4 is 0 Å². The molecule has 2 heterocycles. The molecule has 4 aromatic carbocycles. The molecule has 28 heavy (non-hydrogen) atoms. The normalized spacial score (nSPS) is 12.7. The van der Waals surface area contributed by atoms with Crippen molar-refractivity contribution in [3.05, 3.63) is 113 Å². The summed E-state index contributed by atoms with van der Waals surface area (Å²) in [6.45, 7) is 2.14.